The molecule has 0 amide bonds. The average molecular weight is 388 g/mol. The van der Waals surface area contributed by atoms with Crippen LogP contribution >= 0.6 is 0 Å². The Morgan fingerprint density at radius 2 is 1.68 bits per heavy atom. The van der Waals surface area contributed by atoms with Gasteiger partial charge in [0.05, 0.1) is 15.5 Å². The fraction of sp³-hybridized carbons (Fsp3) is 0. The van der Waals surface area contributed by atoms with Gasteiger partial charge in [-0.15, -0.1) is 0 Å². The van der Waals surface area contributed by atoms with Crippen LogP contribution in [0.5, 0.6) is 5.75 Å². The summed E-state index contributed by atoms with van der Waals surface area (Å²) in [5.74, 6) is -2.75. The SMILES string of the molecule is Nc1cccc(S(=O)(=O)Nc2cc(S(=O)(=O)O)cc(C(=O)O)c2O)c1. The van der Waals surface area contributed by atoms with E-state index in [1.54, 1.807) is 0 Å². The first kappa shape index (κ1) is 18.5. The molecule has 2 rings (SSSR count). The minimum absolute atomic E-state index is 0.130. The Balaban J connectivity index is 2.63. The normalized spacial score (nSPS) is 11.9. The molecule has 0 spiro atoms. The van der Waals surface area contributed by atoms with Crippen LogP contribution < -0.4 is 10.5 Å². The van der Waals surface area contributed by atoms with Gasteiger partial charge in [0.2, 0.25) is 0 Å². The predicted octanol–water partition coefficient (Wildman–Crippen LogP) is 0.720. The number of rotatable bonds is 5. The highest BCUT2D eigenvalue weighted by Gasteiger charge is 2.24. The van der Waals surface area contributed by atoms with E-state index in [9.17, 15) is 26.7 Å². The van der Waals surface area contributed by atoms with Crippen molar-refractivity contribution in [1.29, 1.82) is 0 Å². The van der Waals surface area contributed by atoms with Crippen LogP contribution in [-0.2, 0) is 20.1 Å². The molecular weight excluding hydrogens is 376 g/mol. The van der Waals surface area contributed by atoms with Gasteiger partial charge in [0, 0.05) is 5.69 Å². The first-order chi connectivity index (χ1) is 11.4. The second-order valence-electron chi connectivity index (χ2n) is 4.83. The molecule has 0 radical (unpaired) electrons. The topological polar surface area (TPSA) is 184 Å². The molecule has 0 atom stereocenters. The van der Waals surface area contributed by atoms with Crippen molar-refractivity contribution in [1.82, 2.24) is 0 Å². The zero-order chi connectivity index (χ0) is 19.0. The van der Waals surface area contributed by atoms with Gasteiger partial charge in [0.1, 0.15) is 5.56 Å². The maximum absolute atomic E-state index is 12.3. The number of phenols is 1. The van der Waals surface area contributed by atoms with E-state index in [1.165, 1.54) is 18.2 Å². The van der Waals surface area contributed by atoms with E-state index in [0.29, 0.717) is 12.1 Å². The van der Waals surface area contributed by atoms with E-state index < -0.39 is 48.0 Å². The van der Waals surface area contributed by atoms with Crippen LogP contribution in [0.25, 0.3) is 0 Å². The number of hydrogen-bond acceptors (Lipinski definition) is 7. The summed E-state index contributed by atoms with van der Waals surface area (Å²) in [6, 6.07) is 6.13. The van der Waals surface area contributed by atoms with Crippen molar-refractivity contribution in [2.24, 2.45) is 0 Å². The first-order valence-electron chi connectivity index (χ1n) is 6.38. The quantitative estimate of drug-likeness (QED) is 0.280. The van der Waals surface area contributed by atoms with E-state index in [-0.39, 0.29) is 10.6 Å². The Labute approximate surface area is 142 Å². The van der Waals surface area contributed by atoms with Gasteiger partial charge in [0.15, 0.2) is 5.75 Å². The summed E-state index contributed by atoms with van der Waals surface area (Å²) in [7, 11) is -9.18. The number of carboxylic acid groups (broad SMARTS) is 1. The van der Waals surface area contributed by atoms with Crippen molar-refractivity contribution in [2.75, 3.05) is 10.5 Å². The van der Waals surface area contributed by atoms with Crippen molar-refractivity contribution < 1.29 is 36.4 Å². The second kappa shape index (κ2) is 6.23. The van der Waals surface area contributed by atoms with Gasteiger partial charge in [-0.2, -0.15) is 8.42 Å². The lowest BCUT2D eigenvalue weighted by Gasteiger charge is -2.13. The summed E-state index contributed by atoms with van der Waals surface area (Å²) >= 11 is 0. The Morgan fingerprint density at radius 1 is 1.04 bits per heavy atom. The zero-order valence-corrected chi connectivity index (χ0v) is 13.9. The molecule has 0 unspecified atom stereocenters. The van der Waals surface area contributed by atoms with Gasteiger partial charge < -0.3 is 15.9 Å². The third-order valence-electron chi connectivity index (χ3n) is 3.02. The number of aromatic carboxylic acids is 1. The van der Waals surface area contributed by atoms with Crippen LogP contribution in [0, 0.1) is 0 Å². The molecule has 2 aromatic carbocycles. The smallest absolute Gasteiger partial charge is 0.339 e. The molecule has 12 heteroatoms. The predicted molar refractivity (Wildman–Crippen MR) is 86.5 cm³/mol. The van der Waals surface area contributed by atoms with Crippen LogP contribution in [0.15, 0.2) is 46.2 Å². The highest BCUT2D eigenvalue weighted by Crippen LogP contribution is 2.33. The Hall–Kier alpha value is -2.83. The third kappa shape index (κ3) is 3.99. The molecule has 0 fully saturated rings. The Kier molecular flexibility index (Phi) is 4.61. The van der Waals surface area contributed by atoms with E-state index in [2.05, 4.69) is 0 Å². The molecular formula is C13H12N2O8S2. The van der Waals surface area contributed by atoms with Gasteiger partial charge in [0.25, 0.3) is 20.1 Å². The van der Waals surface area contributed by atoms with Gasteiger partial charge in [-0.3, -0.25) is 9.27 Å². The monoisotopic (exact) mass is 388 g/mol. The largest absolute Gasteiger partial charge is 0.505 e. The number of nitrogen functional groups attached to an aromatic ring is 1. The van der Waals surface area contributed by atoms with Crippen LogP contribution in [0.3, 0.4) is 0 Å². The Morgan fingerprint density at radius 3 is 2.20 bits per heavy atom. The lowest BCUT2D eigenvalue weighted by Crippen LogP contribution is -2.15. The van der Waals surface area contributed by atoms with E-state index in [4.69, 9.17) is 15.4 Å². The molecule has 0 aromatic heterocycles. The van der Waals surface area contributed by atoms with E-state index in [0.717, 1.165) is 6.07 Å². The van der Waals surface area contributed by atoms with Crippen LogP contribution in [0.2, 0.25) is 0 Å². The van der Waals surface area contributed by atoms with Crippen molar-refractivity contribution >= 4 is 37.5 Å². The summed E-state index contributed by atoms with van der Waals surface area (Å²) in [6.45, 7) is 0. The number of sulfonamides is 1. The number of aromatic hydroxyl groups is 1. The molecule has 10 nitrogen and oxygen atoms in total. The molecule has 0 saturated heterocycles. The first-order valence-corrected chi connectivity index (χ1v) is 9.30. The molecule has 134 valence electrons. The van der Waals surface area contributed by atoms with Crippen molar-refractivity contribution in [3.63, 3.8) is 0 Å². The van der Waals surface area contributed by atoms with E-state index in [1.807, 2.05) is 4.72 Å². The third-order valence-corrected chi connectivity index (χ3v) is 5.22. The standard InChI is InChI=1S/C13H12N2O8S2/c14-7-2-1-3-8(4-7)24(19,20)15-11-6-9(25(21,22)23)5-10(12(11)16)13(17)18/h1-6,15-16H,14H2,(H,17,18)(H,21,22,23). The van der Waals surface area contributed by atoms with Crippen molar-refractivity contribution in [3.05, 3.63) is 42.0 Å². The highest BCUT2D eigenvalue weighted by molar-refractivity contribution is 7.92. The number of anilines is 2. The fourth-order valence-corrected chi connectivity index (χ4v) is 3.53. The number of carboxylic acids is 1. The summed E-state index contributed by atoms with van der Waals surface area (Å²) < 4.78 is 58.0. The number of nitrogens with two attached hydrogens (primary N) is 1. The van der Waals surface area contributed by atoms with Crippen molar-refractivity contribution in [2.45, 2.75) is 9.79 Å². The van der Waals surface area contributed by atoms with Gasteiger partial charge in [-0.05, 0) is 30.3 Å². The molecule has 0 saturated carbocycles. The lowest BCUT2D eigenvalue weighted by molar-refractivity contribution is 0.0693. The van der Waals surface area contributed by atoms with Crippen LogP contribution in [0.1, 0.15) is 10.4 Å². The average Bonchev–Trinajstić information content (AvgIpc) is 2.47. The molecule has 0 aliphatic rings. The molecule has 25 heavy (non-hydrogen) atoms. The minimum atomic E-state index is -4.85. The maximum atomic E-state index is 12.3. The number of hydrogen-bond donors (Lipinski definition) is 5. The summed E-state index contributed by atoms with van der Waals surface area (Å²) in [4.78, 5) is 9.89. The lowest BCUT2D eigenvalue weighted by atomic mass is 10.2. The summed E-state index contributed by atoms with van der Waals surface area (Å²) in [5, 5.41) is 18.9. The van der Waals surface area contributed by atoms with Crippen molar-refractivity contribution in [3.8, 4) is 5.75 Å². The van der Waals surface area contributed by atoms with Crippen LogP contribution in [0.4, 0.5) is 11.4 Å². The van der Waals surface area contributed by atoms with Gasteiger partial charge in [-0.25, -0.2) is 13.2 Å². The zero-order valence-electron chi connectivity index (χ0n) is 12.2. The molecule has 0 bridgehead atoms. The van der Waals surface area contributed by atoms with Gasteiger partial charge in [-0.1, -0.05) is 6.07 Å². The molecule has 6 N–H and O–H groups in total. The van der Waals surface area contributed by atoms with Gasteiger partial charge >= 0.3 is 5.97 Å². The molecule has 2 aromatic rings. The number of carbonyl (C=O) groups is 1. The number of benzene rings is 2. The highest BCUT2D eigenvalue weighted by atomic mass is 32.2. The summed E-state index contributed by atoms with van der Waals surface area (Å²) in [5.41, 5.74) is 3.96. The molecule has 0 aliphatic heterocycles. The summed E-state index contributed by atoms with van der Waals surface area (Å²) in [6.07, 6.45) is 0. The minimum Gasteiger partial charge on any atom is -0.505 e. The second-order valence-corrected chi connectivity index (χ2v) is 7.93. The van der Waals surface area contributed by atoms with E-state index >= 15 is 0 Å². The fourth-order valence-electron chi connectivity index (χ4n) is 1.88. The Bertz CT molecular complexity index is 1060. The molecule has 0 heterocycles. The molecule has 0 aliphatic carbocycles. The van der Waals surface area contributed by atoms with Crippen LogP contribution in [-0.4, -0.2) is 37.6 Å². The number of nitrogens with one attached hydrogen (secondary N) is 1. The maximum Gasteiger partial charge on any atom is 0.339 e.